The number of imidazole rings is 1. The number of aliphatic hydroxyl groups is 2. The van der Waals surface area contributed by atoms with Gasteiger partial charge in [0.2, 0.25) is 11.8 Å². The third-order valence-electron chi connectivity index (χ3n) is 6.20. The first-order valence-corrected chi connectivity index (χ1v) is 15.0. The number of aromatic nitrogens is 4. The van der Waals surface area contributed by atoms with Crippen LogP contribution in [0.5, 0.6) is 5.88 Å². The van der Waals surface area contributed by atoms with E-state index in [1.165, 1.54) is 18.6 Å². The van der Waals surface area contributed by atoms with Crippen LogP contribution in [0.3, 0.4) is 0 Å². The Hall–Kier alpha value is -2.97. The summed E-state index contributed by atoms with van der Waals surface area (Å²) in [7, 11) is -2.84. The lowest BCUT2D eigenvalue weighted by atomic mass is 9.96. The number of carboxylic acid groups (broad SMARTS) is 1. The van der Waals surface area contributed by atoms with Crippen LogP contribution < -0.4 is 20.6 Å². The molecule has 0 spiro atoms. The number of nitrogens with one attached hydrogen (secondary N) is 2. The molecule has 2 aromatic heterocycles. The van der Waals surface area contributed by atoms with Crippen molar-refractivity contribution in [1.29, 1.82) is 0 Å². The second-order valence-electron chi connectivity index (χ2n) is 9.27. The minimum atomic E-state index is -4.22. The number of hydrogen-bond donors (Lipinski definition) is 6. The molecule has 3 aromatic rings. The second kappa shape index (κ2) is 13.1. The predicted molar refractivity (Wildman–Crippen MR) is 153 cm³/mol. The summed E-state index contributed by atoms with van der Waals surface area (Å²) < 4.78 is 36.8. The molecule has 7 N–H and O–H groups in total. The number of benzene rings is 1. The van der Waals surface area contributed by atoms with E-state index in [9.17, 15) is 24.4 Å². The van der Waals surface area contributed by atoms with Crippen molar-refractivity contribution in [3.63, 3.8) is 0 Å². The van der Waals surface area contributed by atoms with Gasteiger partial charge in [-0.15, -0.1) is 0 Å². The van der Waals surface area contributed by atoms with Crippen LogP contribution in [0.25, 0.3) is 11.2 Å². The van der Waals surface area contributed by atoms with Gasteiger partial charge in [0.25, 0.3) is 0 Å². The molecule has 19 heteroatoms. The number of halogens is 1. The summed E-state index contributed by atoms with van der Waals surface area (Å²) in [4.78, 5) is 35.9. The molecule has 0 amide bonds. The molecule has 0 saturated carbocycles. The Kier molecular flexibility index (Phi) is 9.99. The monoisotopic (exact) mass is 721 g/mol. The van der Waals surface area contributed by atoms with Crippen molar-refractivity contribution in [3.8, 4) is 5.88 Å². The SMILES string of the molecule is COc1nc(N)nc2c1nc(I)n2[C@@H]1O[C@H](COP(=O)(NCC(=O)O)NCC(=O)OCc2ccccc2)[C@@H](O)[C@@]1(C)O. The van der Waals surface area contributed by atoms with Crippen LogP contribution in [0, 0.1) is 3.83 Å². The highest BCUT2D eigenvalue weighted by Gasteiger charge is 2.54. The summed E-state index contributed by atoms with van der Waals surface area (Å²) in [6.45, 7) is -0.673. The molecule has 1 fully saturated rings. The number of nitrogens with two attached hydrogens (primary N) is 1. The lowest BCUT2D eigenvalue weighted by Crippen LogP contribution is -2.45. The van der Waals surface area contributed by atoms with Gasteiger partial charge in [-0.2, -0.15) is 9.97 Å². The molecule has 1 aliphatic heterocycles. The van der Waals surface area contributed by atoms with Crippen molar-refractivity contribution in [2.45, 2.75) is 37.6 Å². The first-order valence-electron chi connectivity index (χ1n) is 12.3. The molecular formula is C23H29IN7O10P. The number of fused-ring (bicyclic) bond motifs is 1. The maximum absolute atomic E-state index is 13.4. The molecule has 42 heavy (non-hydrogen) atoms. The van der Waals surface area contributed by atoms with Crippen LogP contribution >= 0.6 is 30.3 Å². The van der Waals surface area contributed by atoms with E-state index in [1.54, 1.807) is 30.3 Å². The Morgan fingerprint density at radius 2 is 1.90 bits per heavy atom. The number of carboxylic acids is 1. The Morgan fingerprint density at radius 1 is 1.21 bits per heavy atom. The molecule has 5 atom stereocenters. The minimum absolute atomic E-state index is 0.0299. The van der Waals surface area contributed by atoms with Crippen LogP contribution in [0.4, 0.5) is 5.95 Å². The highest BCUT2D eigenvalue weighted by molar-refractivity contribution is 14.1. The number of methoxy groups -OCH3 is 1. The number of esters is 1. The fraction of sp³-hybridized carbons (Fsp3) is 0.435. The van der Waals surface area contributed by atoms with Gasteiger partial charge in [0.05, 0.1) is 13.7 Å². The topological polar surface area (TPSA) is 242 Å². The maximum atomic E-state index is 13.4. The number of carbonyl (C=O) groups is 2. The van der Waals surface area contributed by atoms with Crippen molar-refractivity contribution >= 4 is 59.3 Å². The second-order valence-corrected chi connectivity index (χ2v) is 12.2. The van der Waals surface area contributed by atoms with Crippen LogP contribution in [0.15, 0.2) is 30.3 Å². The van der Waals surface area contributed by atoms with E-state index in [0.717, 1.165) is 5.56 Å². The van der Waals surface area contributed by atoms with E-state index in [0.29, 0.717) is 3.83 Å². The Balaban J connectivity index is 1.47. The van der Waals surface area contributed by atoms with E-state index in [1.807, 2.05) is 22.6 Å². The Morgan fingerprint density at radius 3 is 2.57 bits per heavy atom. The molecule has 1 aromatic carbocycles. The van der Waals surface area contributed by atoms with Crippen LogP contribution in [-0.2, 0) is 34.8 Å². The average molecular weight is 721 g/mol. The van der Waals surface area contributed by atoms with Crippen LogP contribution in [-0.4, -0.2) is 91.4 Å². The van der Waals surface area contributed by atoms with Gasteiger partial charge >= 0.3 is 19.6 Å². The molecule has 0 radical (unpaired) electrons. The van der Waals surface area contributed by atoms with E-state index < -0.39 is 63.3 Å². The normalized spacial score (nSPS) is 23.5. The largest absolute Gasteiger partial charge is 0.480 e. The van der Waals surface area contributed by atoms with Gasteiger partial charge in [-0.05, 0) is 12.5 Å². The van der Waals surface area contributed by atoms with Crippen molar-refractivity contribution in [1.82, 2.24) is 29.7 Å². The van der Waals surface area contributed by atoms with Crippen molar-refractivity contribution in [2.24, 2.45) is 0 Å². The summed E-state index contributed by atoms with van der Waals surface area (Å²) in [6.07, 6.45) is -4.13. The number of aliphatic hydroxyl groups excluding tert-OH is 1. The van der Waals surface area contributed by atoms with E-state index >= 15 is 0 Å². The van der Waals surface area contributed by atoms with Gasteiger partial charge in [-0.25, -0.2) is 15.2 Å². The molecule has 3 heterocycles. The van der Waals surface area contributed by atoms with Gasteiger partial charge in [-0.3, -0.25) is 18.7 Å². The first kappa shape index (κ1) is 32.0. The number of carbonyl (C=O) groups excluding carboxylic acids is 1. The molecule has 228 valence electrons. The smallest absolute Gasteiger partial charge is 0.341 e. The number of nitrogens with zero attached hydrogens (tertiary/aromatic N) is 4. The van der Waals surface area contributed by atoms with Gasteiger partial charge in [0.1, 0.15) is 37.5 Å². The first-order chi connectivity index (χ1) is 19.8. The zero-order valence-corrected chi connectivity index (χ0v) is 25.4. The number of nitrogen functional groups attached to an aromatic ring is 1. The molecule has 1 unspecified atom stereocenters. The van der Waals surface area contributed by atoms with Crippen LogP contribution in [0.2, 0.25) is 0 Å². The summed E-state index contributed by atoms with van der Waals surface area (Å²) in [5.41, 5.74) is 4.99. The quantitative estimate of drug-likeness (QED) is 0.0596. The highest BCUT2D eigenvalue weighted by Crippen LogP contribution is 2.44. The molecule has 17 nitrogen and oxygen atoms in total. The maximum Gasteiger partial charge on any atom is 0.341 e. The zero-order chi connectivity index (χ0) is 30.7. The number of ether oxygens (including phenoxy) is 3. The Labute approximate surface area is 252 Å². The van der Waals surface area contributed by atoms with Crippen LogP contribution in [0.1, 0.15) is 18.7 Å². The number of anilines is 1. The van der Waals surface area contributed by atoms with Gasteiger partial charge < -0.3 is 39.8 Å². The molecule has 4 rings (SSSR count). The molecule has 1 saturated heterocycles. The van der Waals surface area contributed by atoms with Crippen molar-refractivity contribution in [2.75, 3.05) is 32.5 Å². The predicted octanol–water partition coefficient (Wildman–Crippen LogP) is 0.163. The summed E-state index contributed by atoms with van der Waals surface area (Å²) in [6, 6.07) is 8.86. The number of hydrogen-bond acceptors (Lipinski definition) is 13. The number of aliphatic carboxylic acids is 1. The third-order valence-corrected chi connectivity index (χ3v) is 8.62. The van der Waals surface area contributed by atoms with E-state index in [4.69, 9.17) is 29.6 Å². The van der Waals surface area contributed by atoms with Crippen molar-refractivity contribution < 1.29 is 48.2 Å². The summed E-state index contributed by atoms with van der Waals surface area (Å²) >= 11 is 1.88. The fourth-order valence-electron chi connectivity index (χ4n) is 4.10. The lowest BCUT2D eigenvalue weighted by molar-refractivity contribution is -0.143. The molecule has 1 aliphatic rings. The van der Waals surface area contributed by atoms with Gasteiger partial charge in [0.15, 0.2) is 21.2 Å². The molecule has 0 aliphatic carbocycles. The van der Waals surface area contributed by atoms with E-state index in [2.05, 4.69) is 25.1 Å². The minimum Gasteiger partial charge on any atom is -0.480 e. The lowest BCUT2D eigenvalue weighted by Gasteiger charge is -2.28. The zero-order valence-electron chi connectivity index (χ0n) is 22.3. The molecular weight excluding hydrogens is 692 g/mol. The summed E-state index contributed by atoms with van der Waals surface area (Å²) in [5.74, 6) is -2.16. The Bertz CT molecular complexity index is 1490. The summed E-state index contributed by atoms with van der Waals surface area (Å²) in [5, 5.41) is 35.9. The highest BCUT2D eigenvalue weighted by atomic mass is 127. The van der Waals surface area contributed by atoms with Gasteiger partial charge in [-0.1, -0.05) is 30.3 Å². The van der Waals surface area contributed by atoms with Crippen molar-refractivity contribution in [3.05, 3.63) is 39.7 Å². The molecule has 0 bridgehead atoms. The third kappa shape index (κ3) is 7.14. The van der Waals surface area contributed by atoms with Gasteiger partial charge in [0, 0.05) is 22.6 Å². The number of rotatable bonds is 13. The average Bonchev–Trinajstić information content (AvgIpc) is 3.39. The van der Waals surface area contributed by atoms with E-state index in [-0.39, 0.29) is 29.6 Å². The fourth-order valence-corrected chi connectivity index (χ4v) is 6.15. The standard InChI is InChI=1S/C23H29IN7O10P/c1-23(36)17(35)13(41-20(23)31-18-16(28-21(31)24)19(38-2)30-22(25)29-18)11-40-42(37,26-8-14(32)33)27-9-15(34)39-10-12-6-4-3-5-7-12/h3-7,13,17,20,35-36H,8-11H2,1-2H3,(H,32,33)(H2,25,29,30)(H2,26,27,37)/t13-,17-,20-,23-,42?/m1/s1.